The Labute approximate surface area is 217 Å². The average Bonchev–Trinajstić information content (AvgIpc) is 2.73. The monoisotopic (exact) mass is 501 g/mol. The Hall–Kier alpha value is -2.57. The SMILES string of the molecule is CCCCNC(=O)C(c1cc(C)cc(C)c1)N(C(=O)C(NC(=O)OC(C)(C)C)C(C)CC)C1CCC1. The number of benzene rings is 1. The highest BCUT2D eigenvalue weighted by molar-refractivity contribution is 5.92. The summed E-state index contributed by atoms with van der Waals surface area (Å²) in [6.07, 6.45) is 4.61. The topological polar surface area (TPSA) is 87.7 Å². The van der Waals surface area contributed by atoms with Gasteiger partial charge < -0.3 is 20.3 Å². The van der Waals surface area contributed by atoms with Crippen molar-refractivity contribution in [2.75, 3.05) is 6.54 Å². The fraction of sp³-hybridized carbons (Fsp3) is 0.690. The number of hydrogen-bond acceptors (Lipinski definition) is 4. The molecule has 1 aromatic carbocycles. The minimum Gasteiger partial charge on any atom is -0.444 e. The van der Waals surface area contributed by atoms with Gasteiger partial charge in [0.1, 0.15) is 17.7 Å². The molecule has 1 aromatic rings. The number of nitrogens with one attached hydrogen (secondary N) is 2. The lowest BCUT2D eigenvalue weighted by Crippen LogP contribution is -2.59. The van der Waals surface area contributed by atoms with E-state index in [2.05, 4.69) is 23.6 Å². The third-order valence-corrected chi connectivity index (χ3v) is 6.79. The maximum Gasteiger partial charge on any atom is 0.408 e. The van der Waals surface area contributed by atoms with Crippen LogP contribution in [0.15, 0.2) is 18.2 Å². The van der Waals surface area contributed by atoms with Crippen molar-refractivity contribution >= 4 is 17.9 Å². The molecular weight excluding hydrogens is 454 g/mol. The number of nitrogens with zero attached hydrogens (tertiary/aromatic N) is 1. The Morgan fingerprint density at radius 2 is 1.69 bits per heavy atom. The van der Waals surface area contributed by atoms with Crippen molar-refractivity contribution < 1.29 is 19.1 Å². The first-order valence-corrected chi connectivity index (χ1v) is 13.6. The maximum absolute atomic E-state index is 14.3. The summed E-state index contributed by atoms with van der Waals surface area (Å²) in [7, 11) is 0. The van der Waals surface area contributed by atoms with Crippen LogP contribution in [-0.2, 0) is 14.3 Å². The average molecular weight is 502 g/mol. The van der Waals surface area contributed by atoms with Gasteiger partial charge in [0, 0.05) is 12.6 Å². The summed E-state index contributed by atoms with van der Waals surface area (Å²) in [5.41, 5.74) is 2.22. The molecule has 36 heavy (non-hydrogen) atoms. The molecule has 0 heterocycles. The van der Waals surface area contributed by atoms with E-state index in [1.165, 1.54) is 0 Å². The van der Waals surface area contributed by atoms with Gasteiger partial charge in [0.2, 0.25) is 11.8 Å². The van der Waals surface area contributed by atoms with Crippen LogP contribution in [0.4, 0.5) is 4.79 Å². The molecule has 1 saturated carbocycles. The Morgan fingerprint density at radius 1 is 1.08 bits per heavy atom. The number of carbonyl (C=O) groups excluding carboxylic acids is 3. The number of ether oxygens (including phenoxy) is 1. The first-order chi connectivity index (χ1) is 16.9. The molecule has 0 radical (unpaired) electrons. The summed E-state index contributed by atoms with van der Waals surface area (Å²) in [5.74, 6) is -0.528. The normalized spacial score (nSPS) is 16.3. The molecular formula is C29H47N3O4. The largest absolute Gasteiger partial charge is 0.444 e. The first-order valence-electron chi connectivity index (χ1n) is 13.6. The fourth-order valence-corrected chi connectivity index (χ4v) is 4.55. The second-order valence-corrected chi connectivity index (χ2v) is 11.3. The number of hydrogen-bond donors (Lipinski definition) is 2. The number of alkyl carbamates (subject to hydrolysis) is 1. The number of amides is 3. The molecule has 1 aliphatic carbocycles. The van der Waals surface area contributed by atoms with Gasteiger partial charge in [-0.1, -0.05) is 62.9 Å². The summed E-state index contributed by atoms with van der Waals surface area (Å²) in [6, 6.07) is 4.46. The summed E-state index contributed by atoms with van der Waals surface area (Å²) in [4.78, 5) is 42.4. The third kappa shape index (κ3) is 8.24. The van der Waals surface area contributed by atoms with Gasteiger partial charge in [-0.15, -0.1) is 0 Å². The van der Waals surface area contributed by atoms with Crippen molar-refractivity contribution in [3.63, 3.8) is 0 Å². The van der Waals surface area contributed by atoms with Crippen LogP contribution in [-0.4, -0.2) is 47.0 Å². The minimum atomic E-state index is -0.790. The molecule has 2 N–H and O–H groups in total. The lowest BCUT2D eigenvalue weighted by Gasteiger charge is -2.44. The van der Waals surface area contributed by atoms with Crippen LogP contribution in [0.2, 0.25) is 0 Å². The molecule has 3 amide bonds. The molecule has 3 atom stereocenters. The van der Waals surface area contributed by atoms with Crippen LogP contribution in [0.3, 0.4) is 0 Å². The van der Waals surface area contributed by atoms with Crippen molar-refractivity contribution in [2.45, 2.75) is 118 Å². The van der Waals surface area contributed by atoms with Gasteiger partial charge in [-0.05, 0) is 71.8 Å². The standard InChI is InChI=1S/C29H47N3O4/c1-9-11-15-30-26(33)25(22-17-19(3)16-20(4)18-22)32(23-13-12-14-23)27(34)24(21(5)10-2)31-28(35)36-29(6,7)8/h16-18,21,23-25H,9-15H2,1-8H3,(H,30,33)(H,31,35). The zero-order valence-electron chi connectivity index (χ0n) is 23.6. The van der Waals surface area contributed by atoms with E-state index < -0.39 is 23.8 Å². The zero-order chi connectivity index (χ0) is 27.0. The Kier molecular flexibility index (Phi) is 10.8. The fourth-order valence-electron chi connectivity index (χ4n) is 4.55. The third-order valence-electron chi connectivity index (χ3n) is 6.79. The summed E-state index contributed by atoms with van der Waals surface area (Å²) in [5, 5.41) is 5.91. The van der Waals surface area contributed by atoms with Gasteiger partial charge in [-0.3, -0.25) is 9.59 Å². The van der Waals surface area contributed by atoms with Crippen molar-refractivity contribution in [1.82, 2.24) is 15.5 Å². The molecule has 2 rings (SSSR count). The van der Waals surface area contributed by atoms with E-state index in [0.29, 0.717) is 13.0 Å². The predicted octanol–water partition coefficient (Wildman–Crippen LogP) is 5.58. The Morgan fingerprint density at radius 3 is 2.17 bits per heavy atom. The second-order valence-electron chi connectivity index (χ2n) is 11.3. The quantitative estimate of drug-likeness (QED) is 0.387. The molecule has 0 aliphatic heterocycles. The second kappa shape index (κ2) is 13.1. The van der Waals surface area contributed by atoms with E-state index in [1.54, 1.807) is 25.7 Å². The lowest BCUT2D eigenvalue weighted by molar-refractivity contribution is -0.148. The number of carbonyl (C=O) groups is 3. The van der Waals surface area contributed by atoms with Gasteiger partial charge in [-0.25, -0.2) is 4.79 Å². The van der Waals surface area contributed by atoms with E-state index in [-0.39, 0.29) is 23.8 Å². The first kappa shape index (κ1) is 29.7. The number of rotatable bonds is 11. The molecule has 1 fully saturated rings. The molecule has 0 saturated heterocycles. The molecule has 202 valence electrons. The zero-order valence-corrected chi connectivity index (χ0v) is 23.6. The van der Waals surface area contributed by atoms with E-state index >= 15 is 0 Å². The molecule has 3 unspecified atom stereocenters. The van der Waals surface area contributed by atoms with Gasteiger partial charge in [0.05, 0.1) is 0 Å². The van der Waals surface area contributed by atoms with Crippen LogP contribution in [0.1, 0.15) is 103 Å². The van der Waals surface area contributed by atoms with E-state index in [9.17, 15) is 14.4 Å². The highest BCUT2D eigenvalue weighted by Gasteiger charge is 2.43. The van der Waals surface area contributed by atoms with E-state index in [4.69, 9.17) is 4.74 Å². The van der Waals surface area contributed by atoms with Crippen LogP contribution in [0.5, 0.6) is 0 Å². The van der Waals surface area contributed by atoms with Crippen molar-refractivity contribution in [1.29, 1.82) is 0 Å². The lowest BCUT2D eigenvalue weighted by atomic mass is 9.86. The van der Waals surface area contributed by atoms with Gasteiger partial charge in [-0.2, -0.15) is 0 Å². The van der Waals surface area contributed by atoms with Crippen molar-refractivity contribution in [3.05, 3.63) is 34.9 Å². The summed E-state index contributed by atoms with van der Waals surface area (Å²) >= 11 is 0. The highest BCUT2D eigenvalue weighted by atomic mass is 16.6. The molecule has 0 spiro atoms. The Bertz CT molecular complexity index is 884. The van der Waals surface area contributed by atoms with E-state index in [0.717, 1.165) is 48.8 Å². The predicted molar refractivity (Wildman–Crippen MR) is 144 cm³/mol. The number of aryl methyl sites for hydroxylation is 2. The van der Waals surface area contributed by atoms with Gasteiger partial charge in [0.15, 0.2) is 0 Å². The highest BCUT2D eigenvalue weighted by Crippen LogP contribution is 2.35. The molecule has 1 aliphatic rings. The minimum absolute atomic E-state index is 0.0489. The van der Waals surface area contributed by atoms with Crippen LogP contribution in [0, 0.1) is 19.8 Å². The molecule has 0 aromatic heterocycles. The van der Waals surface area contributed by atoms with Crippen LogP contribution >= 0.6 is 0 Å². The summed E-state index contributed by atoms with van der Waals surface area (Å²) < 4.78 is 5.48. The van der Waals surface area contributed by atoms with Crippen LogP contribution in [0.25, 0.3) is 0 Å². The Balaban J connectivity index is 2.51. The number of unbranched alkanes of at least 4 members (excludes halogenated alkanes) is 1. The van der Waals surface area contributed by atoms with Crippen LogP contribution < -0.4 is 10.6 Å². The maximum atomic E-state index is 14.3. The van der Waals surface area contributed by atoms with Crippen molar-refractivity contribution in [3.8, 4) is 0 Å². The summed E-state index contributed by atoms with van der Waals surface area (Å²) in [6.45, 7) is 16.0. The van der Waals surface area contributed by atoms with E-state index in [1.807, 2.05) is 39.8 Å². The van der Waals surface area contributed by atoms with Gasteiger partial charge in [0.25, 0.3) is 0 Å². The van der Waals surface area contributed by atoms with Gasteiger partial charge >= 0.3 is 6.09 Å². The van der Waals surface area contributed by atoms with Crippen molar-refractivity contribution in [2.24, 2.45) is 5.92 Å². The smallest absolute Gasteiger partial charge is 0.408 e. The molecule has 7 heteroatoms. The molecule has 0 bridgehead atoms. The molecule has 7 nitrogen and oxygen atoms in total.